The quantitative estimate of drug-likeness (QED) is 0.523. The third-order valence-corrected chi connectivity index (χ3v) is 4.46. The minimum Gasteiger partial charge on any atom is -0.364 e. The van der Waals surface area contributed by atoms with Gasteiger partial charge in [0.15, 0.2) is 0 Å². The molecule has 3 heterocycles. The first-order chi connectivity index (χ1) is 13.5. The number of pyridine rings is 2. The summed E-state index contributed by atoms with van der Waals surface area (Å²) in [5.74, 6) is -1.28. The van der Waals surface area contributed by atoms with Crippen LogP contribution in [0.2, 0.25) is 0 Å². The number of aromatic nitrogens is 4. The standard InChI is InChI=1S/C20H17FN6O.ClH/c21-13-7-8-15(20(23)28)26-16(13)10-14(22)19-18(6-3-9-24-19)27-17-5-2-1-4-12(17)11-25-27;/h1-9,11,14H,10,22H2,(H2,23,28);1H/t14-;/m0./s1. The Kier molecular flexibility index (Phi) is 5.86. The van der Waals surface area contributed by atoms with Crippen molar-refractivity contribution in [1.29, 1.82) is 0 Å². The smallest absolute Gasteiger partial charge is 0.267 e. The van der Waals surface area contributed by atoms with Crippen LogP contribution in [-0.2, 0) is 6.42 Å². The van der Waals surface area contributed by atoms with Crippen molar-refractivity contribution >= 4 is 29.2 Å². The third-order valence-electron chi connectivity index (χ3n) is 4.46. The molecule has 1 atom stereocenters. The average molecular weight is 413 g/mol. The number of nitrogens with two attached hydrogens (primary N) is 2. The molecule has 1 amide bonds. The molecule has 0 aliphatic rings. The number of halogens is 2. The summed E-state index contributed by atoms with van der Waals surface area (Å²) in [6, 6.07) is 13.1. The highest BCUT2D eigenvalue weighted by Crippen LogP contribution is 2.24. The van der Waals surface area contributed by atoms with Gasteiger partial charge in [-0.15, -0.1) is 12.4 Å². The van der Waals surface area contributed by atoms with E-state index in [1.165, 1.54) is 6.07 Å². The van der Waals surface area contributed by atoms with Crippen molar-refractivity contribution in [3.63, 3.8) is 0 Å². The number of benzene rings is 1. The molecule has 3 aromatic heterocycles. The normalized spacial score (nSPS) is 11.8. The lowest BCUT2D eigenvalue weighted by molar-refractivity contribution is 0.0995. The zero-order chi connectivity index (χ0) is 19.7. The fraction of sp³-hybridized carbons (Fsp3) is 0.100. The molecule has 0 aliphatic carbocycles. The molecular weight excluding hydrogens is 395 g/mol. The van der Waals surface area contributed by atoms with Crippen LogP contribution in [0, 0.1) is 5.82 Å². The zero-order valence-electron chi connectivity index (χ0n) is 15.2. The summed E-state index contributed by atoms with van der Waals surface area (Å²) in [6.45, 7) is 0. The molecule has 0 unspecified atom stereocenters. The van der Waals surface area contributed by atoms with Gasteiger partial charge < -0.3 is 11.5 Å². The molecule has 0 aliphatic heterocycles. The number of fused-ring (bicyclic) bond motifs is 1. The van der Waals surface area contributed by atoms with Gasteiger partial charge in [0.1, 0.15) is 11.5 Å². The van der Waals surface area contributed by atoms with Crippen LogP contribution in [-0.4, -0.2) is 25.7 Å². The summed E-state index contributed by atoms with van der Waals surface area (Å²) < 4.78 is 15.9. The highest BCUT2D eigenvalue weighted by Gasteiger charge is 2.19. The van der Waals surface area contributed by atoms with Gasteiger partial charge in [-0.2, -0.15) is 5.10 Å². The van der Waals surface area contributed by atoms with Crippen LogP contribution in [0.4, 0.5) is 4.39 Å². The fourth-order valence-electron chi connectivity index (χ4n) is 3.11. The maximum atomic E-state index is 14.2. The van der Waals surface area contributed by atoms with Crippen molar-refractivity contribution in [2.75, 3.05) is 0 Å². The molecule has 4 rings (SSSR count). The second-order valence-electron chi connectivity index (χ2n) is 6.32. The Bertz CT molecular complexity index is 1180. The topological polar surface area (TPSA) is 113 Å². The van der Waals surface area contributed by atoms with Crippen molar-refractivity contribution in [1.82, 2.24) is 19.7 Å². The van der Waals surface area contributed by atoms with E-state index in [-0.39, 0.29) is 30.2 Å². The van der Waals surface area contributed by atoms with E-state index in [9.17, 15) is 9.18 Å². The predicted octanol–water partition coefficient (Wildman–Crippen LogP) is 2.72. The Balaban J connectivity index is 0.00000240. The number of amides is 1. The Hall–Kier alpha value is -3.36. The maximum Gasteiger partial charge on any atom is 0.267 e. The molecule has 4 aromatic rings. The molecule has 4 N–H and O–H groups in total. The zero-order valence-corrected chi connectivity index (χ0v) is 16.0. The first-order valence-corrected chi connectivity index (χ1v) is 8.63. The number of nitrogens with zero attached hydrogens (tertiary/aromatic N) is 4. The molecule has 1 aromatic carbocycles. The minimum atomic E-state index is -0.726. The van der Waals surface area contributed by atoms with E-state index in [0.29, 0.717) is 11.4 Å². The van der Waals surface area contributed by atoms with Crippen LogP contribution in [0.15, 0.2) is 60.9 Å². The molecule has 0 saturated heterocycles. The molecule has 0 fully saturated rings. The second-order valence-corrected chi connectivity index (χ2v) is 6.32. The molecule has 0 saturated carbocycles. The van der Waals surface area contributed by atoms with Gasteiger partial charge >= 0.3 is 0 Å². The van der Waals surface area contributed by atoms with Gasteiger partial charge in [-0.3, -0.25) is 9.78 Å². The van der Waals surface area contributed by atoms with E-state index >= 15 is 0 Å². The summed E-state index contributed by atoms with van der Waals surface area (Å²) in [7, 11) is 0. The van der Waals surface area contributed by atoms with Crippen molar-refractivity contribution in [3.8, 4) is 5.69 Å². The Morgan fingerprint density at radius 1 is 1.14 bits per heavy atom. The summed E-state index contributed by atoms with van der Waals surface area (Å²) in [5, 5.41) is 5.42. The molecule has 148 valence electrons. The van der Waals surface area contributed by atoms with Gasteiger partial charge in [-0.25, -0.2) is 14.1 Å². The molecule has 29 heavy (non-hydrogen) atoms. The molecule has 7 nitrogen and oxygen atoms in total. The monoisotopic (exact) mass is 412 g/mol. The van der Waals surface area contributed by atoms with Crippen molar-refractivity contribution < 1.29 is 9.18 Å². The number of hydrogen-bond acceptors (Lipinski definition) is 5. The van der Waals surface area contributed by atoms with Crippen molar-refractivity contribution in [2.24, 2.45) is 11.5 Å². The average Bonchev–Trinajstić information content (AvgIpc) is 3.13. The fourth-order valence-corrected chi connectivity index (χ4v) is 3.11. The van der Waals surface area contributed by atoms with E-state index in [0.717, 1.165) is 17.0 Å². The van der Waals surface area contributed by atoms with Gasteiger partial charge in [0.05, 0.1) is 34.8 Å². The molecule has 0 spiro atoms. The van der Waals surface area contributed by atoms with E-state index in [4.69, 9.17) is 11.5 Å². The molecule has 0 radical (unpaired) electrons. The Labute approximate surface area is 172 Å². The van der Waals surface area contributed by atoms with Gasteiger partial charge in [0.25, 0.3) is 5.91 Å². The van der Waals surface area contributed by atoms with Gasteiger partial charge in [0, 0.05) is 18.0 Å². The first kappa shape index (κ1) is 20.4. The highest BCUT2D eigenvalue weighted by atomic mass is 35.5. The van der Waals surface area contributed by atoms with Crippen molar-refractivity contribution in [2.45, 2.75) is 12.5 Å². The number of carbonyl (C=O) groups excluding carboxylic acids is 1. The molecular formula is C20H18ClFN6O. The number of para-hydroxylation sites is 1. The van der Waals surface area contributed by atoms with Gasteiger partial charge in [-0.1, -0.05) is 18.2 Å². The highest BCUT2D eigenvalue weighted by molar-refractivity contribution is 5.90. The van der Waals surface area contributed by atoms with E-state index in [2.05, 4.69) is 15.1 Å². The van der Waals surface area contributed by atoms with Gasteiger partial charge in [-0.05, 0) is 30.3 Å². The Morgan fingerprint density at radius 2 is 1.93 bits per heavy atom. The number of primary amides is 1. The summed E-state index contributed by atoms with van der Waals surface area (Å²) in [5.41, 5.74) is 13.8. The van der Waals surface area contributed by atoms with Crippen LogP contribution in [0.3, 0.4) is 0 Å². The van der Waals surface area contributed by atoms with Crippen molar-refractivity contribution in [3.05, 3.63) is 83.8 Å². The number of rotatable bonds is 5. The lowest BCUT2D eigenvalue weighted by Crippen LogP contribution is -2.21. The Morgan fingerprint density at radius 3 is 2.72 bits per heavy atom. The lowest BCUT2D eigenvalue weighted by atomic mass is 10.1. The number of hydrogen-bond donors (Lipinski definition) is 2. The van der Waals surface area contributed by atoms with Crippen LogP contribution in [0.25, 0.3) is 16.6 Å². The van der Waals surface area contributed by atoms with E-state index < -0.39 is 17.8 Å². The molecule has 0 bridgehead atoms. The summed E-state index contributed by atoms with van der Waals surface area (Å²) >= 11 is 0. The lowest BCUT2D eigenvalue weighted by Gasteiger charge is -2.16. The van der Waals surface area contributed by atoms with E-state index in [1.54, 1.807) is 23.1 Å². The SMILES string of the molecule is Cl.NC(=O)c1ccc(F)c(C[C@H](N)c2ncccc2-n2ncc3ccccc32)n1. The largest absolute Gasteiger partial charge is 0.364 e. The predicted molar refractivity (Wildman–Crippen MR) is 109 cm³/mol. The van der Waals surface area contributed by atoms with Gasteiger partial charge in [0.2, 0.25) is 0 Å². The first-order valence-electron chi connectivity index (χ1n) is 8.63. The van der Waals surface area contributed by atoms with E-state index in [1.807, 2.05) is 30.3 Å². The van der Waals surface area contributed by atoms with Crippen LogP contribution in [0.5, 0.6) is 0 Å². The van der Waals surface area contributed by atoms with Crippen LogP contribution < -0.4 is 11.5 Å². The summed E-state index contributed by atoms with van der Waals surface area (Å²) in [4.78, 5) is 19.7. The minimum absolute atomic E-state index is 0. The maximum absolute atomic E-state index is 14.2. The molecule has 9 heteroatoms. The van der Waals surface area contributed by atoms with Crippen LogP contribution in [0.1, 0.15) is 27.9 Å². The van der Waals surface area contributed by atoms with Crippen LogP contribution >= 0.6 is 12.4 Å². The third kappa shape index (κ3) is 3.94. The second kappa shape index (κ2) is 8.34. The summed E-state index contributed by atoms with van der Waals surface area (Å²) in [6.07, 6.45) is 3.43. The number of carbonyl (C=O) groups is 1.